The normalized spacial score (nSPS) is 11.6. The van der Waals surface area contributed by atoms with E-state index in [4.69, 9.17) is 4.74 Å². The first-order valence-corrected chi connectivity index (χ1v) is 8.00. The molecule has 0 spiro atoms. The van der Waals surface area contributed by atoms with Crippen LogP contribution in [-0.2, 0) is 6.54 Å². The van der Waals surface area contributed by atoms with Gasteiger partial charge >= 0.3 is 0 Å². The molecule has 0 saturated heterocycles. The molecule has 0 amide bonds. The number of rotatable bonds is 10. The summed E-state index contributed by atoms with van der Waals surface area (Å²) < 4.78 is 5.53. The molecule has 0 bridgehead atoms. The highest BCUT2D eigenvalue weighted by Crippen LogP contribution is 2.23. The molecule has 1 rings (SSSR count). The lowest BCUT2D eigenvalue weighted by Gasteiger charge is -2.25. The standard InChI is InChI=1S/C18H31NO/c1-5-7-8-12-18(3,4)15-19-14-16-10-9-11-17(13-16)20-6-2/h9-11,13,19H,5-8,12,14-15H2,1-4H3. The second-order valence-electron chi connectivity index (χ2n) is 6.31. The SMILES string of the molecule is CCCCCC(C)(C)CNCc1cccc(OCC)c1. The molecule has 20 heavy (non-hydrogen) atoms. The van der Waals surface area contributed by atoms with Crippen molar-refractivity contribution in [3.63, 3.8) is 0 Å². The number of nitrogens with one attached hydrogen (secondary N) is 1. The Hall–Kier alpha value is -1.02. The van der Waals surface area contributed by atoms with Crippen molar-refractivity contribution in [2.24, 2.45) is 5.41 Å². The molecule has 0 aromatic heterocycles. The third-order valence-electron chi connectivity index (χ3n) is 3.60. The van der Waals surface area contributed by atoms with Crippen molar-refractivity contribution in [2.45, 2.75) is 59.9 Å². The maximum absolute atomic E-state index is 5.53. The summed E-state index contributed by atoms with van der Waals surface area (Å²) in [7, 11) is 0. The summed E-state index contributed by atoms with van der Waals surface area (Å²) in [5.41, 5.74) is 1.67. The summed E-state index contributed by atoms with van der Waals surface area (Å²) in [5, 5.41) is 3.58. The Balaban J connectivity index is 2.33. The fourth-order valence-corrected chi connectivity index (χ4v) is 2.40. The molecule has 2 heteroatoms. The Morgan fingerprint density at radius 2 is 1.95 bits per heavy atom. The van der Waals surface area contributed by atoms with Crippen LogP contribution in [-0.4, -0.2) is 13.2 Å². The Labute approximate surface area is 124 Å². The maximum atomic E-state index is 5.53. The molecule has 1 aromatic carbocycles. The van der Waals surface area contributed by atoms with Crippen molar-refractivity contribution in [1.29, 1.82) is 0 Å². The fourth-order valence-electron chi connectivity index (χ4n) is 2.40. The van der Waals surface area contributed by atoms with Crippen molar-refractivity contribution >= 4 is 0 Å². The van der Waals surface area contributed by atoms with Crippen molar-refractivity contribution < 1.29 is 4.74 Å². The number of benzene rings is 1. The lowest BCUT2D eigenvalue weighted by Crippen LogP contribution is -2.29. The largest absolute Gasteiger partial charge is 0.494 e. The van der Waals surface area contributed by atoms with Crippen molar-refractivity contribution in [3.8, 4) is 5.75 Å². The maximum Gasteiger partial charge on any atom is 0.119 e. The van der Waals surface area contributed by atoms with Crippen LogP contribution < -0.4 is 10.1 Å². The topological polar surface area (TPSA) is 21.3 Å². The van der Waals surface area contributed by atoms with E-state index in [2.05, 4.69) is 44.3 Å². The highest BCUT2D eigenvalue weighted by Gasteiger charge is 2.16. The van der Waals surface area contributed by atoms with E-state index in [-0.39, 0.29) is 0 Å². The van der Waals surface area contributed by atoms with Crippen LogP contribution in [0.5, 0.6) is 5.75 Å². The van der Waals surface area contributed by atoms with E-state index in [1.165, 1.54) is 31.2 Å². The molecule has 1 aromatic rings. The summed E-state index contributed by atoms with van der Waals surface area (Å²) in [6, 6.07) is 8.36. The minimum atomic E-state index is 0.382. The van der Waals surface area contributed by atoms with Crippen LogP contribution >= 0.6 is 0 Å². The summed E-state index contributed by atoms with van der Waals surface area (Å²) in [6.07, 6.45) is 5.28. The third-order valence-corrected chi connectivity index (χ3v) is 3.60. The van der Waals surface area contributed by atoms with E-state index in [9.17, 15) is 0 Å². The van der Waals surface area contributed by atoms with Crippen LogP contribution in [0.2, 0.25) is 0 Å². The van der Waals surface area contributed by atoms with Gasteiger partial charge in [-0.15, -0.1) is 0 Å². The van der Waals surface area contributed by atoms with E-state index < -0.39 is 0 Å². The molecule has 0 aliphatic rings. The molecule has 1 N–H and O–H groups in total. The van der Waals surface area contributed by atoms with Gasteiger partial charge in [0.2, 0.25) is 0 Å². The highest BCUT2D eigenvalue weighted by molar-refractivity contribution is 5.28. The highest BCUT2D eigenvalue weighted by atomic mass is 16.5. The van der Waals surface area contributed by atoms with Crippen LogP contribution in [0.25, 0.3) is 0 Å². The number of hydrogen-bond donors (Lipinski definition) is 1. The minimum Gasteiger partial charge on any atom is -0.494 e. The average molecular weight is 277 g/mol. The molecule has 0 radical (unpaired) electrons. The van der Waals surface area contributed by atoms with Gasteiger partial charge in [0, 0.05) is 13.1 Å². The van der Waals surface area contributed by atoms with Crippen LogP contribution in [0.15, 0.2) is 24.3 Å². The van der Waals surface area contributed by atoms with Gasteiger partial charge in [0.15, 0.2) is 0 Å². The molecule has 2 nitrogen and oxygen atoms in total. The van der Waals surface area contributed by atoms with Crippen molar-refractivity contribution in [1.82, 2.24) is 5.32 Å². The van der Waals surface area contributed by atoms with Gasteiger partial charge in [0.1, 0.15) is 5.75 Å². The molecule has 0 aliphatic carbocycles. The molecule has 0 unspecified atom stereocenters. The van der Waals surface area contributed by atoms with Gasteiger partial charge in [-0.25, -0.2) is 0 Å². The average Bonchev–Trinajstić information content (AvgIpc) is 2.39. The lowest BCUT2D eigenvalue weighted by molar-refractivity contribution is 0.301. The summed E-state index contributed by atoms with van der Waals surface area (Å²) in [6.45, 7) is 11.7. The summed E-state index contributed by atoms with van der Waals surface area (Å²) in [5.74, 6) is 0.967. The van der Waals surface area contributed by atoms with Crippen LogP contribution in [0.4, 0.5) is 0 Å². The number of ether oxygens (including phenoxy) is 1. The molecule has 114 valence electrons. The summed E-state index contributed by atoms with van der Waals surface area (Å²) >= 11 is 0. The quantitative estimate of drug-likeness (QED) is 0.621. The first-order valence-electron chi connectivity index (χ1n) is 8.00. The molecular weight excluding hydrogens is 246 g/mol. The zero-order valence-electron chi connectivity index (χ0n) is 13.7. The molecule has 0 fully saturated rings. The van der Waals surface area contributed by atoms with Gasteiger partial charge in [-0.3, -0.25) is 0 Å². The van der Waals surface area contributed by atoms with Crippen molar-refractivity contribution in [3.05, 3.63) is 29.8 Å². The van der Waals surface area contributed by atoms with Crippen LogP contribution in [0.1, 0.15) is 58.9 Å². The van der Waals surface area contributed by atoms with Gasteiger partial charge in [-0.2, -0.15) is 0 Å². The first kappa shape index (κ1) is 17.0. The second-order valence-corrected chi connectivity index (χ2v) is 6.31. The van der Waals surface area contributed by atoms with E-state index in [0.29, 0.717) is 5.41 Å². The number of unbranched alkanes of at least 4 members (excludes halogenated alkanes) is 2. The van der Waals surface area contributed by atoms with Gasteiger partial charge in [-0.1, -0.05) is 52.2 Å². The molecule has 0 aliphatic heterocycles. The predicted molar refractivity (Wildman–Crippen MR) is 87.2 cm³/mol. The van der Waals surface area contributed by atoms with Gasteiger partial charge in [0.25, 0.3) is 0 Å². The molecule has 0 atom stereocenters. The number of hydrogen-bond acceptors (Lipinski definition) is 2. The zero-order valence-corrected chi connectivity index (χ0v) is 13.7. The lowest BCUT2D eigenvalue weighted by atomic mass is 9.87. The van der Waals surface area contributed by atoms with E-state index in [1.54, 1.807) is 0 Å². The predicted octanol–water partition coefficient (Wildman–Crippen LogP) is 4.78. The Morgan fingerprint density at radius 3 is 2.65 bits per heavy atom. The fraction of sp³-hybridized carbons (Fsp3) is 0.667. The smallest absolute Gasteiger partial charge is 0.119 e. The molecular formula is C18H31NO. The van der Waals surface area contributed by atoms with Gasteiger partial charge in [0.05, 0.1) is 6.61 Å². The molecule has 0 saturated carbocycles. The van der Waals surface area contributed by atoms with Gasteiger partial charge in [-0.05, 0) is 36.5 Å². The first-order chi connectivity index (χ1) is 9.57. The summed E-state index contributed by atoms with van der Waals surface area (Å²) in [4.78, 5) is 0. The Kier molecular flexibility index (Phi) is 7.68. The van der Waals surface area contributed by atoms with E-state index in [0.717, 1.165) is 25.4 Å². The minimum absolute atomic E-state index is 0.382. The zero-order chi connectivity index (χ0) is 14.8. The van der Waals surface area contributed by atoms with E-state index in [1.807, 2.05) is 13.0 Å². The monoisotopic (exact) mass is 277 g/mol. The Morgan fingerprint density at radius 1 is 1.15 bits per heavy atom. The van der Waals surface area contributed by atoms with Gasteiger partial charge < -0.3 is 10.1 Å². The van der Waals surface area contributed by atoms with Crippen molar-refractivity contribution in [2.75, 3.05) is 13.2 Å². The second kappa shape index (κ2) is 9.02. The third kappa shape index (κ3) is 6.95. The van der Waals surface area contributed by atoms with Crippen LogP contribution in [0.3, 0.4) is 0 Å². The molecule has 0 heterocycles. The Bertz CT molecular complexity index is 373. The van der Waals surface area contributed by atoms with Crippen LogP contribution in [0, 0.1) is 5.41 Å². The van der Waals surface area contributed by atoms with E-state index >= 15 is 0 Å².